The van der Waals surface area contributed by atoms with E-state index < -0.39 is 0 Å². The Morgan fingerprint density at radius 3 is 2.56 bits per heavy atom. The van der Waals surface area contributed by atoms with Crippen LogP contribution in [0.25, 0.3) is 11.4 Å². The summed E-state index contributed by atoms with van der Waals surface area (Å²) in [6, 6.07) is 14.0. The number of ether oxygens (including phenoxy) is 1. The van der Waals surface area contributed by atoms with Crippen molar-refractivity contribution < 1.29 is 9.53 Å². The molecule has 0 atom stereocenters. The number of carbonyl (C=O) groups excluding carboxylic acids is 1. The molecule has 176 valence electrons. The van der Waals surface area contributed by atoms with Crippen LogP contribution in [0, 0.1) is 18.3 Å². The number of likely N-dealkylation sites (tertiary alicyclic amines) is 1. The molecule has 1 aromatic heterocycles. The number of benzene rings is 2. The Labute approximate surface area is 200 Å². The quantitative estimate of drug-likeness (QED) is 0.566. The lowest BCUT2D eigenvalue weighted by Crippen LogP contribution is -2.38. The third-order valence-corrected chi connectivity index (χ3v) is 6.60. The highest BCUT2D eigenvalue weighted by Crippen LogP contribution is 2.33. The second-order valence-corrected chi connectivity index (χ2v) is 9.25. The maximum atomic E-state index is 13.5. The number of nitrogens with one attached hydrogen (secondary N) is 1. The molecule has 0 radical (unpaired) electrons. The van der Waals surface area contributed by atoms with E-state index in [9.17, 15) is 4.79 Å². The van der Waals surface area contributed by atoms with E-state index in [1.807, 2.05) is 42.2 Å². The van der Waals surface area contributed by atoms with Crippen molar-refractivity contribution in [2.45, 2.75) is 52.1 Å². The highest BCUT2D eigenvalue weighted by atomic mass is 16.5. The van der Waals surface area contributed by atoms with Gasteiger partial charge in [-0.15, -0.1) is 0 Å². The van der Waals surface area contributed by atoms with E-state index in [-0.39, 0.29) is 11.8 Å². The van der Waals surface area contributed by atoms with E-state index in [1.54, 1.807) is 7.11 Å². The molecule has 0 unspecified atom stereocenters. The van der Waals surface area contributed by atoms with Gasteiger partial charge in [-0.1, -0.05) is 32.0 Å². The summed E-state index contributed by atoms with van der Waals surface area (Å²) in [5, 5.41) is 16.3. The Kier molecular flexibility index (Phi) is 7.09. The standard InChI is InChI=1S/C27H31N5O2/c1-17(2)22-13-18(3)23(14-24(22)26-29-25(16-34-4)30-31-26)27(33)32-11-9-21(10-12-32)20-7-5-19(15-28)6-8-20/h5-8,13-14,17,21H,9-12,16H2,1-4H3,(H,29,30,31). The number of H-pyrrole nitrogens is 1. The van der Waals surface area contributed by atoms with Crippen LogP contribution in [0.15, 0.2) is 36.4 Å². The van der Waals surface area contributed by atoms with Crippen LogP contribution >= 0.6 is 0 Å². The third kappa shape index (κ3) is 4.87. The molecule has 1 amide bonds. The number of nitrogens with zero attached hydrogens (tertiary/aromatic N) is 4. The summed E-state index contributed by atoms with van der Waals surface area (Å²) in [7, 11) is 1.62. The molecule has 1 aliphatic rings. The van der Waals surface area contributed by atoms with E-state index in [4.69, 9.17) is 10.00 Å². The number of carbonyl (C=O) groups is 1. The Morgan fingerprint density at radius 1 is 1.24 bits per heavy atom. The largest absolute Gasteiger partial charge is 0.377 e. The number of rotatable bonds is 6. The minimum Gasteiger partial charge on any atom is -0.377 e. The predicted molar refractivity (Wildman–Crippen MR) is 130 cm³/mol. The minimum absolute atomic E-state index is 0.0555. The van der Waals surface area contributed by atoms with Gasteiger partial charge < -0.3 is 9.64 Å². The smallest absolute Gasteiger partial charge is 0.254 e. The zero-order chi connectivity index (χ0) is 24.2. The van der Waals surface area contributed by atoms with Gasteiger partial charge in [-0.3, -0.25) is 9.89 Å². The summed E-state index contributed by atoms with van der Waals surface area (Å²) in [4.78, 5) is 20.1. The van der Waals surface area contributed by atoms with Crippen molar-refractivity contribution >= 4 is 5.91 Å². The number of methoxy groups -OCH3 is 1. The van der Waals surface area contributed by atoms with Crippen LogP contribution in [0.2, 0.25) is 0 Å². The maximum absolute atomic E-state index is 13.5. The van der Waals surface area contributed by atoms with Crippen LogP contribution in [-0.4, -0.2) is 46.2 Å². The summed E-state index contributed by atoms with van der Waals surface area (Å²) < 4.78 is 5.16. The van der Waals surface area contributed by atoms with Crippen LogP contribution in [0.3, 0.4) is 0 Å². The van der Waals surface area contributed by atoms with E-state index in [0.29, 0.717) is 48.4 Å². The first-order chi connectivity index (χ1) is 16.4. The molecule has 0 saturated carbocycles. The Morgan fingerprint density at radius 2 is 1.94 bits per heavy atom. The molecule has 4 rings (SSSR count). The molecule has 1 aliphatic heterocycles. The highest BCUT2D eigenvalue weighted by Gasteiger charge is 2.27. The molecular formula is C27H31N5O2. The second-order valence-electron chi connectivity index (χ2n) is 9.25. The molecule has 3 aromatic rings. The van der Waals surface area contributed by atoms with Gasteiger partial charge >= 0.3 is 0 Å². The van der Waals surface area contributed by atoms with E-state index >= 15 is 0 Å². The van der Waals surface area contributed by atoms with Crippen molar-refractivity contribution in [3.05, 3.63) is 70.0 Å². The number of aromatic amines is 1. The van der Waals surface area contributed by atoms with Crippen molar-refractivity contribution in [3.63, 3.8) is 0 Å². The molecule has 1 saturated heterocycles. The molecule has 7 nitrogen and oxygen atoms in total. The molecular weight excluding hydrogens is 426 g/mol. The average Bonchev–Trinajstić information content (AvgIpc) is 3.32. The van der Waals surface area contributed by atoms with Crippen molar-refractivity contribution in [2.24, 2.45) is 0 Å². The van der Waals surface area contributed by atoms with Crippen molar-refractivity contribution in [3.8, 4) is 17.5 Å². The number of aromatic nitrogens is 3. The van der Waals surface area contributed by atoms with Crippen LogP contribution in [0.1, 0.15) is 77.0 Å². The molecule has 1 fully saturated rings. The van der Waals surface area contributed by atoms with Gasteiger partial charge in [-0.25, -0.2) is 4.98 Å². The van der Waals surface area contributed by atoms with Crippen LogP contribution in [0.4, 0.5) is 0 Å². The fourth-order valence-electron chi connectivity index (χ4n) is 4.67. The number of amides is 1. The van der Waals surface area contributed by atoms with E-state index in [2.05, 4.69) is 41.2 Å². The summed E-state index contributed by atoms with van der Waals surface area (Å²) in [6.45, 7) is 8.05. The van der Waals surface area contributed by atoms with Crippen LogP contribution in [0.5, 0.6) is 0 Å². The first-order valence-corrected chi connectivity index (χ1v) is 11.8. The van der Waals surface area contributed by atoms with E-state index in [0.717, 1.165) is 29.5 Å². The maximum Gasteiger partial charge on any atom is 0.254 e. The van der Waals surface area contributed by atoms with Gasteiger partial charge in [-0.05, 0) is 66.5 Å². The van der Waals surface area contributed by atoms with Crippen LogP contribution in [-0.2, 0) is 11.3 Å². The van der Waals surface area contributed by atoms with Gasteiger partial charge in [0.2, 0.25) is 0 Å². The summed E-state index contributed by atoms with van der Waals surface area (Å²) in [5.41, 5.74) is 5.59. The minimum atomic E-state index is 0.0555. The SMILES string of the molecule is COCc1nc(-c2cc(C(=O)N3CCC(c4ccc(C#N)cc4)CC3)c(C)cc2C(C)C)n[nH]1. The average molecular weight is 458 g/mol. The molecule has 2 heterocycles. The molecule has 0 bridgehead atoms. The lowest BCUT2D eigenvalue weighted by Gasteiger charge is -2.33. The van der Waals surface area contributed by atoms with E-state index in [1.165, 1.54) is 5.56 Å². The number of aryl methyl sites for hydroxylation is 1. The lowest BCUT2D eigenvalue weighted by atomic mass is 9.88. The molecule has 2 aromatic carbocycles. The third-order valence-electron chi connectivity index (χ3n) is 6.60. The van der Waals surface area contributed by atoms with Gasteiger partial charge in [0.1, 0.15) is 6.61 Å². The Hall–Kier alpha value is -3.50. The Balaban J connectivity index is 1.55. The molecule has 7 heteroatoms. The summed E-state index contributed by atoms with van der Waals surface area (Å²) in [6.07, 6.45) is 1.82. The highest BCUT2D eigenvalue weighted by molar-refractivity contribution is 5.97. The summed E-state index contributed by atoms with van der Waals surface area (Å²) >= 11 is 0. The number of hydrogen-bond donors (Lipinski definition) is 1. The van der Waals surface area contributed by atoms with Gasteiger partial charge in [0.05, 0.1) is 11.6 Å². The molecule has 34 heavy (non-hydrogen) atoms. The number of piperidine rings is 1. The number of hydrogen-bond acceptors (Lipinski definition) is 5. The fourth-order valence-corrected chi connectivity index (χ4v) is 4.67. The summed E-state index contributed by atoms with van der Waals surface area (Å²) in [5.74, 6) is 1.98. The van der Waals surface area contributed by atoms with Crippen molar-refractivity contribution in [1.29, 1.82) is 5.26 Å². The van der Waals surface area contributed by atoms with Gasteiger partial charge in [-0.2, -0.15) is 10.4 Å². The first-order valence-electron chi connectivity index (χ1n) is 11.8. The normalized spacial score (nSPS) is 14.4. The van der Waals surface area contributed by atoms with Crippen LogP contribution < -0.4 is 0 Å². The first kappa shape index (κ1) is 23.7. The topological polar surface area (TPSA) is 94.9 Å². The zero-order valence-corrected chi connectivity index (χ0v) is 20.3. The van der Waals surface area contributed by atoms with Gasteiger partial charge in [0.25, 0.3) is 5.91 Å². The zero-order valence-electron chi connectivity index (χ0n) is 20.3. The van der Waals surface area contributed by atoms with Gasteiger partial charge in [0, 0.05) is 31.3 Å². The van der Waals surface area contributed by atoms with Crippen molar-refractivity contribution in [2.75, 3.05) is 20.2 Å². The van der Waals surface area contributed by atoms with Gasteiger partial charge in [0.15, 0.2) is 11.6 Å². The Bertz CT molecular complexity index is 1200. The van der Waals surface area contributed by atoms with Crippen molar-refractivity contribution in [1.82, 2.24) is 20.1 Å². The molecule has 0 spiro atoms. The monoisotopic (exact) mass is 457 g/mol. The lowest BCUT2D eigenvalue weighted by molar-refractivity contribution is 0.0712. The molecule has 1 N–H and O–H groups in total. The fraction of sp³-hybridized carbons (Fsp3) is 0.407. The molecule has 0 aliphatic carbocycles. The predicted octanol–water partition coefficient (Wildman–Crippen LogP) is 4.94. The second kappa shape index (κ2) is 10.2. The number of nitriles is 1.